The highest BCUT2D eigenvalue weighted by Crippen LogP contribution is 2.17. The third-order valence-electron chi connectivity index (χ3n) is 3.83. The molecule has 0 aromatic heterocycles. The van der Waals surface area contributed by atoms with Crippen molar-refractivity contribution in [2.24, 2.45) is 0 Å². The first-order valence-corrected chi connectivity index (χ1v) is 7.60. The van der Waals surface area contributed by atoms with E-state index in [1.807, 2.05) is 12.1 Å². The molecule has 1 heterocycles. The van der Waals surface area contributed by atoms with Crippen molar-refractivity contribution < 1.29 is 9.59 Å². The molecule has 0 spiro atoms. The van der Waals surface area contributed by atoms with Crippen molar-refractivity contribution >= 4 is 17.6 Å². The van der Waals surface area contributed by atoms with Gasteiger partial charge in [0.25, 0.3) is 5.91 Å². The molecule has 0 unspecified atom stereocenters. The van der Waals surface area contributed by atoms with Crippen molar-refractivity contribution in [2.75, 3.05) is 18.0 Å². The smallest absolute Gasteiger partial charge is 0.321 e. The number of amides is 3. The van der Waals surface area contributed by atoms with Gasteiger partial charge in [-0.1, -0.05) is 12.1 Å². The molecule has 2 N–H and O–H groups in total. The molecule has 6 heteroatoms. The number of nitrogens with one attached hydrogen (secondary N) is 2. The summed E-state index contributed by atoms with van der Waals surface area (Å²) in [6.07, 6.45) is 0. The Labute approximate surface area is 139 Å². The van der Waals surface area contributed by atoms with Crippen LogP contribution < -0.4 is 15.5 Å². The number of urea groups is 1. The molecule has 2 aromatic carbocycles. The number of nitrogens with zero attached hydrogens (tertiary/aromatic N) is 2. The van der Waals surface area contributed by atoms with Gasteiger partial charge in [-0.3, -0.25) is 9.69 Å². The van der Waals surface area contributed by atoms with Crippen LogP contribution in [0.2, 0.25) is 0 Å². The van der Waals surface area contributed by atoms with Crippen LogP contribution in [-0.2, 0) is 6.54 Å². The van der Waals surface area contributed by atoms with Crippen molar-refractivity contribution in [3.05, 3.63) is 65.2 Å². The van der Waals surface area contributed by atoms with Gasteiger partial charge in [-0.05, 0) is 42.0 Å². The van der Waals surface area contributed by atoms with Crippen LogP contribution in [0.3, 0.4) is 0 Å². The number of carbonyl (C=O) groups excluding carboxylic acids is 2. The van der Waals surface area contributed by atoms with Gasteiger partial charge in [-0.2, -0.15) is 5.26 Å². The summed E-state index contributed by atoms with van der Waals surface area (Å²) in [5, 5.41) is 14.3. The fraction of sp³-hybridized carbons (Fsp3) is 0.167. The minimum absolute atomic E-state index is 0.118. The highest BCUT2D eigenvalue weighted by Gasteiger charge is 2.21. The maximum atomic E-state index is 12.2. The number of rotatable bonds is 4. The lowest BCUT2D eigenvalue weighted by molar-refractivity contribution is 0.0951. The second-order valence-corrected chi connectivity index (χ2v) is 5.42. The van der Waals surface area contributed by atoms with E-state index in [2.05, 4.69) is 16.7 Å². The summed E-state index contributed by atoms with van der Waals surface area (Å²) in [6, 6.07) is 15.9. The van der Waals surface area contributed by atoms with E-state index < -0.39 is 0 Å². The Bertz CT molecular complexity index is 791. The molecule has 6 nitrogen and oxygen atoms in total. The van der Waals surface area contributed by atoms with Crippen LogP contribution in [0.4, 0.5) is 10.5 Å². The maximum Gasteiger partial charge on any atom is 0.321 e. The van der Waals surface area contributed by atoms with E-state index in [-0.39, 0.29) is 11.9 Å². The molecule has 1 saturated heterocycles. The van der Waals surface area contributed by atoms with Crippen molar-refractivity contribution in [2.45, 2.75) is 6.54 Å². The number of anilines is 1. The van der Waals surface area contributed by atoms with E-state index in [0.29, 0.717) is 30.8 Å². The first-order valence-electron chi connectivity index (χ1n) is 7.60. The van der Waals surface area contributed by atoms with Crippen LogP contribution in [0.1, 0.15) is 21.5 Å². The van der Waals surface area contributed by atoms with E-state index in [0.717, 1.165) is 11.3 Å². The van der Waals surface area contributed by atoms with Gasteiger partial charge in [-0.15, -0.1) is 0 Å². The molecular weight excluding hydrogens is 304 g/mol. The molecule has 1 aliphatic rings. The molecule has 0 bridgehead atoms. The van der Waals surface area contributed by atoms with Crippen LogP contribution in [-0.4, -0.2) is 25.0 Å². The van der Waals surface area contributed by atoms with E-state index in [9.17, 15) is 9.59 Å². The van der Waals surface area contributed by atoms with Crippen LogP contribution in [0.25, 0.3) is 0 Å². The summed E-state index contributed by atoms with van der Waals surface area (Å²) >= 11 is 0. The summed E-state index contributed by atoms with van der Waals surface area (Å²) in [5.74, 6) is -0.184. The molecule has 3 amide bonds. The number of benzene rings is 2. The summed E-state index contributed by atoms with van der Waals surface area (Å²) in [4.78, 5) is 25.4. The molecule has 0 saturated carbocycles. The number of hydrogen-bond acceptors (Lipinski definition) is 3. The Kier molecular flexibility index (Phi) is 4.43. The first-order chi connectivity index (χ1) is 11.7. The Hall–Kier alpha value is -3.33. The van der Waals surface area contributed by atoms with Gasteiger partial charge in [0.2, 0.25) is 0 Å². The SMILES string of the molecule is N#Cc1ccc(CNC(=O)c2ccc(N3CCNC3=O)cc2)cc1. The molecule has 0 atom stereocenters. The monoisotopic (exact) mass is 320 g/mol. The summed E-state index contributed by atoms with van der Waals surface area (Å²) in [6.45, 7) is 1.65. The lowest BCUT2D eigenvalue weighted by Gasteiger charge is -2.14. The van der Waals surface area contributed by atoms with Gasteiger partial charge in [0.1, 0.15) is 0 Å². The zero-order chi connectivity index (χ0) is 16.9. The topological polar surface area (TPSA) is 85.2 Å². The highest BCUT2D eigenvalue weighted by molar-refractivity contribution is 5.96. The molecule has 120 valence electrons. The van der Waals surface area contributed by atoms with E-state index in [4.69, 9.17) is 5.26 Å². The van der Waals surface area contributed by atoms with Crippen LogP contribution in [0, 0.1) is 11.3 Å². The minimum atomic E-state index is -0.184. The third kappa shape index (κ3) is 3.36. The lowest BCUT2D eigenvalue weighted by atomic mass is 10.1. The normalized spacial score (nSPS) is 13.3. The highest BCUT2D eigenvalue weighted by atomic mass is 16.2. The second-order valence-electron chi connectivity index (χ2n) is 5.42. The van der Waals surface area contributed by atoms with Gasteiger partial charge in [0.05, 0.1) is 11.6 Å². The van der Waals surface area contributed by atoms with Crippen molar-refractivity contribution in [3.8, 4) is 6.07 Å². The van der Waals surface area contributed by atoms with Gasteiger partial charge in [0.15, 0.2) is 0 Å². The zero-order valence-electron chi connectivity index (χ0n) is 13.0. The predicted molar refractivity (Wildman–Crippen MR) is 89.5 cm³/mol. The summed E-state index contributed by atoms with van der Waals surface area (Å²) in [7, 11) is 0. The Balaban J connectivity index is 1.60. The molecule has 1 aliphatic heterocycles. The van der Waals surface area contributed by atoms with E-state index in [1.165, 1.54) is 0 Å². The first kappa shape index (κ1) is 15.6. The molecule has 1 fully saturated rings. The standard InChI is InChI=1S/C18H16N4O2/c19-11-13-1-3-14(4-2-13)12-21-17(23)15-5-7-16(8-6-15)22-10-9-20-18(22)24/h1-8H,9-10,12H2,(H,20,24)(H,21,23). The van der Waals surface area contributed by atoms with Gasteiger partial charge >= 0.3 is 6.03 Å². The van der Waals surface area contributed by atoms with Crippen molar-refractivity contribution in [1.82, 2.24) is 10.6 Å². The fourth-order valence-electron chi connectivity index (χ4n) is 2.49. The number of carbonyl (C=O) groups is 2. The maximum absolute atomic E-state index is 12.2. The fourth-order valence-corrected chi connectivity index (χ4v) is 2.49. The molecular formula is C18H16N4O2. The van der Waals surface area contributed by atoms with E-state index in [1.54, 1.807) is 41.3 Å². The summed E-state index contributed by atoms with van der Waals surface area (Å²) in [5.41, 5.74) is 2.82. The zero-order valence-corrected chi connectivity index (χ0v) is 13.0. The lowest BCUT2D eigenvalue weighted by Crippen LogP contribution is -2.27. The molecule has 3 rings (SSSR count). The van der Waals surface area contributed by atoms with Gasteiger partial charge in [-0.25, -0.2) is 4.79 Å². The van der Waals surface area contributed by atoms with Crippen LogP contribution >= 0.6 is 0 Å². The van der Waals surface area contributed by atoms with Gasteiger partial charge < -0.3 is 10.6 Å². The molecule has 24 heavy (non-hydrogen) atoms. The average molecular weight is 320 g/mol. The summed E-state index contributed by atoms with van der Waals surface area (Å²) < 4.78 is 0. The third-order valence-corrected chi connectivity index (χ3v) is 3.83. The van der Waals surface area contributed by atoms with Gasteiger partial charge in [0, 0.05) is 30.9 Å². The molecule has 2 aromatic rings. The second kappa shape index (κ2) is 6.84. The quantitative estimate of drug-likeness (QED) is 0.904. The number of nitriles is 1. The Morgan fingerprint density at radius 3 is 2.46 bits per heavy atom. The molecule has 0 radical (unpaired) electrons. The molecule has 0 aliphatic carbocycles. The van der Waals surface area contributed by atoms with E-state index >= 15 is 0 Å². The van der Waals surface area contributed by atoms with Crippen LogP contribution in [0.15, 0.2) is 48.5 Å². The Morgan fingerprint density at radius 1 is 1.17 bits per heavy atom. The van der Waals surface area contributed by atoms with Crippen LogP contribution in [0.5, 0.6) is 0 Å². The van der Waals surface area contributed by atoms with Crippen molar-refractivity contribution in [3.63, 3.8) is 0 Å². The number of hydrogen-bond donors (Lipinski definition) is 2. The largest absolute Gasteiger partial charge is 0.348 e. The average Bonchev–Trinajstić information content (AvgIpc) is 3.06. The Morgan fingerprint density at radius 2 is 1.88 bits per heavy atom. The minimum Gasteiger partial charge on any atom is -0.348 e. The van der Waals surface area contributed by atoms with Crippen molar-refractivity contribution in [1.29, 1.82) is 5.26 Å². The predicted octanol–water partition coefficient (Wildman–Crippen LogP) is 2.02.